The van der Waals surface area contributed by atoms with Crippen molar-refractivity contribution in [1.29, 1.82) is 0 Å². The Morgan fingerprint density at radius 1 is 1.00 bits per heavy atom. The fourth-order valence-corrected chi connectivity index (χ4v) is 1.71. The van der Waals surface area contributed by atoms with Gasteiger partial charge in [-0.2, -0.15) is 0 Å². The summed E-state index contributed by atoms with van der Waals surface area (Å²) in [5.41, 5.74) is 1.05. The van der Waals surface area contributed by atoms with Crippen LogP contribution in [0.5, 0.6) is 0 Å². The minimum absolute atomic E-state index is 0.145. The molecule has 17 heavy (non-hydrogen) atoms. The van der Waals surface area contributed by atoms with Gasteiger partial charge in [0, 0.05) is 0 Å². The number of ether oxygens (including phenoxy) is 1. The van der Waals surface area contributed by atoms with Crippen LogP contribution < -0.4 is 0 Å². The van der Waals surface area contributed by atoms with E-state index in [-0.39, 0.29) is 17.3 Å². The number of benzene rings is 1. The summed E-state index contributed by atoms with van der Waals surface area (Å²) in [7, 11) is 0. The van der Waals surface area contributed by atoms with Crippen molar-refractivity contribution < 1.29 is 14.3 Å². The molecular weight excluding hydrogens is 216 g/mol. The average molecular weight is 228 g/mol. The van der Waals surface area contributed by atoms with Crippen molar-refractivity contribution >= 4 is 17.1 Å². The first-order valence-electron chi connectivity index (χ1n) is 5.43. The van der Waals surface area contributed by atoms with Gasteiger partial charge in [-0.3, -0.25) is 9.59 Å². The number of allylic oxidation sites excluding steroid dienone is 3. The molecule has 1 aromatic carbocycles. The lowest BCUT2D eigenvalue weighted by Gasteiger charge is -2.14. The van der Waals surface area contributed by atoms with Crippen LogP contribution in [0, 0.1) is 0 Å². The molecule has 0 amide bonds. The molecule has 0 aliphatic heterocycles. The number of hydrogen-bond donors (Lipinski definition) is 0. The zero-order chi connectivity index (χ0) is 12.3. The summed E-state index contributed by atoms with van der Waals surface area (Å²) in [4.78, 5) is 23.5. The largest absolute Gasteiger partial charge is 0.489 e. The molecule has 0 aromatic heterocycles. The van der Waals surface area contributed by atoms with E-state index in [2.05, 4.69) is 0 Å². The van der Waals surface area contributed by atoms with Gasteiger partial charge >= 0.3 is 0 Å². The van der Waals surface area contributed by atoms with Gasteiger partial charge in [0.05, 0.1) is 12.2 Å². The summed E-state index contributed by atoms with van der Waals surface area (Å²) >= 11 is 0. The van der Waals surface area contributed by atoms with Crippen LogP contribution in [0.25, 0.3) is 5.57 Å². The molecule has 0 spiro atoms. The molecule has 0 N–H and O–H groups in total. The Labute approximate surface area is 99.4 Å². The molecule has 0 saturated carbocycles. The van der Waals surface area contributed by atoms with Crippen LogP contribution in [-0.4, -0.2) is 18.2 Å². The smallest absolute Gasteiger partial charge is 0.221 e. The van der Waals surface area contributed by atoms with Crippen molar-refractivity contribution in [3.05, 3.63) is 53.8 Å². The van der Waals surface area contributed by atoms with E-state index in [0.29, 0.717) is 17.7 Å². The summed E-state index contributed by atoms with van der Waals surface area (Å²) in [6.07, 6.45) is 2.53. The summed E-state index contributed by atoms with van der Waals surface area (Å²) in [6, 6.07) is 9.08. The molecule has 1 aliphatic rings. The Kier molecular flexibility index (Phi) is 3.19. The Balaban J connectivity index is 2.55. The number of carbonyl (C=O) groups excluding carboxylic acids is 2. The predicted octanol–water partition coefficient (Wildman–Crippen LogP) is 2.14. The molecule has 0 heterocycles. The lowest BCUT2D eigenvalue weighted by Crippen LogP contribution is -2.16. The van der Waals surface area contributed by atoms with Gasteiger partial charge in [-0.05, 0) is 24.6 Å². The van der Waals surface area contributed by atoms with E-state index in [1.807, 2.05) is 18.2 Å². The lowest BCUT2D eigenvalue weighted by atomic mass is 9.95. The maximum Gasteiger partial charge on any atom is 0.221 e. The molecule has 0 radical (unpaired) electrons. The zero-order valence-corrected chi connectivity index (χ0v) is 9.47. The molecule has 86 valence electrons. The Hall–Kier alpha value is -2.16. The van der Waals surface area contributed by atoms with Crippen molar-refractivity contribution in [2.45, 2.75) is 6.92 Å². The molecule has 3 nitrogen and oxygen atoms in total. The van der Waals surface area contributed by atoms with Crippen LogP contribution in [0.4, 0.5) is 0 Å². The van der Waals surface area contributed by atoms with E-state index in [0.717, 1.165) is 0 Å². The fraction of sp³-hybridized carbons (Fsp3) is 0.143. The standard InChI is InChI=1S/C14H12O3/c1-2-17-14-12(16)9-8-11(15)13(14)10-6-4-3-5-7-10/h3-9H,2H2,1H3. The number of hydrogen-bond acceptors (Lipinski definition) is 3. The minimum atomic E-state index is -0.259. The molecule has 1 aliphatic carbocycles. The Bertz CT molecular complexity index is 510. The van der Waals surface area contributed by atoms with Crippen LogP contribution >= 0.6 is 0 Å². The normalized spacial score (nSPS) is 15.4. The maximum atomic E-state index is 11.8. The van der Waals surface area contributed by atoms with Crippen molar-refractivity contribution in [2.75, 3.05) is 6.61 Å². The monoisotopic (exact) mass is 228 g/mol. The van der Waals surface area contributed by atoms with E-state index >= 15 is 0 Å². The van der Waals surface area contributed by atoms with Crippen LogP contribution in [0.3, 0.4) is 0 Å². The quantitative estimate of drug-likeness (QED) is 0.744. The van der Waals surface area contributed by atoms with Crippen molar-refractivity contribution in [1.82, 2.24) is 0 Å². The highest BCUT2D eigenvalue weighted by Gasteiger charge is 2.24. The number of rotatable bonds is 3. The van der Waals surface area contributed by atoms with Crippen LogP contribution in [0.1, 0.15) is 12.5 Å². The van der Waals surface area contributed by atoms with Gasteiger partial charge in [-0.25, -0.2) is 0 Å². The van der Waals surface area contributed by atoms with E-state index in [1.165, 1.54) is 12.2 Å². The first-order valence-corrected chi connectivity index (χ1v) is 5.43. The Morgan fingerprint density at radius 3 is 2.29 bits per heavy atom. The molecule has 0 bridgehead atoms. The fourth-order valence-electron chi connectivity index (χ4n) is 1.71. The van der Waals surface area contributed by atoms with Gasteiger partial charge in [0.2, 0.25) is 5.78 Å². The third kappa shape index (κ3) is 2.18. The van der Waals surface area contributed by atoms with E-state index in [4.69, 9.17) is 4.74 Å². The van der Waals surface area contributed by atoms with Crippen LogP contribution in [0.15, 0.2) is 48.2 Å². The highest BCUT2D eigenvalue weighted by Crippen LogP contribution is 2.25. The highest BCUT2D eigenvalue weighted by molar-refractivity contribution is 6.35. The molecule has 2 rings (SSSR count). The van der Waals surface area contributed by atoms with E-state index in [9.17, 15) is 9.59 Å². The molecular formula is C14H12O3. The van der Waals surface area contributed by atoms with Crippen molar-refractivity contribution in [3.63, 3.8) is 0 Å². The van der Waals surface area contributed by atoms with Gasteiger partial charge in [-0.1, -0.05) is 30.3 Å². The van der Waals surface area contributed by atoms with Crippen LogP contribution in [-0.2, 0) is 14.3 Å². The van der Waals surface area contributed by atoms with Gasteiger partial charge < -0.3 is 4.74 Å². The van der Waals surface area contributed by atoms with Crippen molar-refractivity contribution in [3.8, 4) is 0 Å². The predicted molar refractivity (Wildman–Crippen MR) is 64.1 cm³/mol. The second kappa shape index (κ2) is 4.78. The van der Waals surface area contributed by atoms with E-state index in [1.54, 1.807) is 19.1 Å². The van der Waals surface area contributed by atoms with Crippen molar-refractivity contribution in [2.24, 2.45) is 0 Å². The SMILES string of the molecule is CCOC1=C(c2ccccc2)C(=O)C=CC1=O. The first-order chi connectivity index (χ1) is 8.24. The van der Waals surface area contributed by atoms with Gasteiger partial charge in [0.15, 0.2) is 11.5 Å². The second-order valence-corrected chi connectivity index (χ2v) is 3.56. The summed E-state index contributed by atoms with van der Waals surface area (Å²) < 4.78 is 5.29. The summed E-state index contributed by atoms with van der Waals surface area (Å²) in [6.45, 7) is 2.14. The summed E-state index contributed by atoms with van der Waals surface area (Å²) in [5, 5.41) is 0. The topological polar surface area (TPSA) is 43.4 Å². The third-order valence-corrected chi connectivity index (χ3v) is 2.43. The third-order valence-electron chi connectivity index (χ3n) is 2.43. The first kappa shape index (κ1) is 11.3. The summed E-state index contributed by atoms with van der Waals surface area (Å²) in [5.74, 6) is -0.309. The number of ketones is 2. The maximum absolute atomic E-state index is 11.8. The van der Waals surface area contributed by atoms with Gasteiger partial charge in [0.25, 0.3) is 0 Å². The number of carbonyl (C=O) groups is 2. The van der Waals surface area contributed by atoms with Crippen LogP contribution in [0.2, 0.25) is 0 Å². The lowest BCUT2D eigenvalue weighted by molar-refractivity contribution is -0.116. The van der Waals surface area contributed by atoms with E-state index < -0.39 is 0 Å². The highest BCUT2D eigenvalue weighted by atomic mass is 16.5. The minimum Gasteiger partial charge on any atom is -0.489 e. The molecule has 0 unspecified atom stereocenters. The second-order valence-electron chi connectivity index (χ2n) is 3.56. The zero-order valence-electron chi connectivity index (χ0n) is 9.47. The van der Waals surface area contributed by atoms with Gasteiger partial charge in [0.1, 0.15) is 0 Å². The molecule has 3 heteroatoms. The molecule has 0 saturated heterocycles. The molecule has 0 atom stereocenters. The van der Waals surface area contributed by atoms with Gasteiger partial charge in [-0.15, -0.1) is 0 Å². The average Bonchev–Trinajstić information content (AvgIpc) is 2.35. The Morgan fingerprint density at radius 2 is 1.65 bits per heavy atom. The molecule has 0 fully saturated rings. The molecule has 1 aromatic rings.